The van der Waals surface area contributed by atoms with Crippen LogP contribution in [-0.2, 0) is 23.7 Å². The Hall–Kier alpha value is -1.77. The molecule has 0 radical (unpaired) electrons. The molecule has 0 amide bonds. The number of benzene rings is 1. The highest BCUT2D eigenvalue weighted by molar-refractivity contribution is 7.89. The van der Waals surface area contributed by atoms with Gasteiger partial charge in [0.15, 0.2) is 0 Å². The molecule has 1 atom stereocenters. The molecule has 2 rings (SSSR count). The van der Waals surface area contributed by atoms with Gasteiger partial charge in [-0.3, -0.25) is 0 Å². The molecule has 1 aromatic carbocycles. The Morgan fingerprint density at radius 1 is 1.40 bits per heavy atom. The van der Waals surface area contributed by atoms with Gasteiger partial charge in [-0.25, -0.2) is 13.1 Å². The third-order valence-corrected chi connectivity index (χ3v) is 4.54. The Morgan fingerprint density at radius 3 is 2.70 bits per heavy atom. The van der Waals surface area contributed by atoms with Crippen LogP contribution in [0.1, 0.15) is 24.4 Å². The van der Waals surface area contributed by atoms with Crippen LogP contribution in [0.15, 0.2) is 35.5 Å². The molecule has 7 nitrogen and oxygen atoms in total. The van der Waals surface area contributed by atoms with Gasteiger partial charge in [0, 0.05) is 7.05 Å². The minimum Gasteiger partial charge on any atom is -0.392 e. The standard InChI is InChI=1S/C12H16N4O3S/c1-9(12-14-13-8-16(12)2)15-20(18,19)11-6-4-3-5-10(11)7-17/h3-6,8-9,15,17H,7H2,1-2H3. The number of hydrogen-bond donors (Lipinski definition) is 2. The Morgan fingerprint density at radius 2 is 2.10 bits per heavy atom. The normalized spacial score (nSPS) is 13.3. The van der Waals surface area contributed by atoms with E-state index in [2.05, 4.69) is 14.9 Å². The van der Waals surface area contributed by atoms with Crippen molar-refractivity contribution >= 4 is 10.0 Å². The van der Waals surface area contributed by atoms with Crippen LogP contribution in [0.3, 0.4) is 0 Å². The van der Waals surface area contributed by atoms with Crippen LogP contribution < -0.4 is 4.72 Å². The zero-order valence-corrected chi connectivity index (χ0v) is 12.0. The number of aliphatic hydroxyl groups is 1. The van der Waals surface area contributed by atoms with Crippen LogP contribution >= 0.6 is 0 Å². The first-order valence-corrected chi connectivity index (χ1v) is 7.49. The molecule has 1 heterocycles. The number of nitrogens with one attached hydrogen (secondary N) is 1. The Labute approximate surface area is 117 Å². The summed E-state index contributed by atoms with van der Waals surface area (Å²) in [6.07, 6.45) is 1.50. The van der Waals surface area contributed by atoms with Crippen LogP contribution in [0.5, 0.6) is 0 Å². The summed E-state index contributed by atoms with van der Waals surface area (Å²) in [6, 6.07) is 5.79. The molecular weight excluding hydrogens is 280 g/mol. The number of hydrogen-bond acceptors (Lipinski definition) is 5. The molecular formula is C12H16N4O3S. The lowest BCUT2D eigenvalue weighted by molar-refractivity contribution is 0.278. The minimum atomic E-state index is -3.74. The summed E-state index contributed by atoms with van der Waals surface area (Å²) in [7, 11) is -2.00. The molecule has 20 heavy (non-hydrogen) atoms. The van der Waals surface area contributed by atoms with Gasteiger partial charge in [0.25, 0.3) is 0 Å². The van der Waals surface area contributed by atoms with Gasteiger partial charge in [0.05, 0.1) is 17.5 Å². The highest BCUT2D eigenvalue weighted by Gasteiger charge is 2.23. The van der Waals surface area contributed by atoms with E-state index >= 15 is 0 Å². The van der Waals surface area contributed by atoms with Crippen molar-refractivity contribution < 1.29 is 13.5 Å². The maximum atomic E-state index is 12.3. The van der Waals surface area contributed by atoms with Crippen LogP contribution in [-0.4, -0.2) is 28.3 Å². The summed E-state index contributed by atoms with van der Waals surface area (Å²) >= 11 is 0. The van der Waals surface area contributed by atoms with Crippen LogP contribution in [0.4, 0.5) is 0 Å². The van der Waals surface area contributed by atoms with Crippen molar-refractivity contribution in [1.29, 1.82) is 0 Å². The van der Waals surface area contributed by atoms with Gasteiger partial charge >= 0.3 is 0 Å². The van der Waals surface area contributed by atoms with Crippen molar-refractivity contribution in [3.05, 3.63) is 42.0 Å². The fraction of sp³-hybridized carbons (Fsp3) is 0.333. The predicted octanol–water partition coefficient (Wildman–Crippen LogP) is 0.347. The maximum Gasteiger partial charge on any atom is 0.241 e. The zero-order valence-electron chi connectivity index (χ0n) is 11.2. The van der Waals surface area contributed by atoms with E-state index in [1.165, 1.54) is 12.4 Å². The van der Waals surface area contributed by atoms with E-state index < -0.39 is 16.1 Å². The van der Waals surface area contributed by atoms with Crippen molar-refractivity contribution in [3.8, 4) is 0 Å². The monoisotopic (exact) mass is 296 g/mol. The lowest BCUT2D eigenvalue weighted by atomic mass is 10.2. The molecule has 0 aliphatic heterocycles. The number of aromatic nitrogens is 3. The molecule has 0 bridgehead atoms. The molecule has 0 spiro atoms. The molecule has 1 aromatic heterocycles. The van der Waals surface area contributed by atoms with Gasteiger partial charge in [0.2, 0.25) is 10.0 Å². The molecule has 8 heteroatoms. The second kappa shape index (κ2) is 5.70. The van der Waals surface area contributed by atoms with Crippen molar-refractivity contribution in [2.75, 3.05) is 0 Å². The quantitative estimate of drug-likeness (QED) is 0.829. The van der Waals surface area contributed by atoms with Gasteiger partial charge in [-0.2, -0.15) is 0 Å². The fourth-order valence-corrected chi connectivity index (χ4v) is 3.36. The Balaban J connectivity index is 2.30. The molecule has 0 fully saturated rings. The summed E-state index contributed by atoms with van der Waals surface area (Å²) in [6.45, 7) is 1.35. The van der Waals surface area contributed by atoms with E-state index in [0.29, 0.717) is 11.4 Å². The van der Waals surface area contributed by atoms with Crippen LogP contribution in [0, 0.1) is 0 Å². The molecule has 0 saturated heterocycles. The first-order valence-electron chi connectivity index (χ1n) is 6.00. The van der Waals surface area contributed by atoms with E-state index in [-0.39, 0.29) is 11.5 Å². The number of nitrogens with zero attached hydrogens (tertiary/aromatic N) is 3. The van der Waals surface area contributed by atoms with Gasteiger partial charge in [0.1, 0.15) is 12.2 Å². The smallest absolute Gasteiger partial charge is 0.241 e. The lowest BCUT2D eigenvalue weighted by Gasteiger charge is -2.15. The topological polar surface area (TPSA) is 97.1 Å². The average Bonchev–Trinajstić information content (AvgIpc) is 2.84. The summed E-state index contributed by atoms with van der Waals surface area (Å²) < 4.78 is 28.9. The van der Waals surface area contributed by atoms with Gasteiger partial charge in [-0.1, -0.05) is 18.2 Å². The molecule has 1 unspecified atom stereocenters. The van der Waals surface area contributed by atoms with Gasteiger partial charge in [-0.15, -0.1) is 10.2 Å². The molecule has 108 valence electrons. The van der Waals surface area contributed by atoms with Crippen LogP contribution in [0.25, 0.3) is 0 Å². The second-order valence-corrected chi connectivity index (χ2v) is 6.09. The average molecular weight is 296 g/mol. The third-order valence-electron chi connectivity index (χ3n) is 2.90. The minimum absolute atomic E-state index is 0.0662. The summed E-state index contributed by atoms with van der Waals surface area (Å²) in [5, 5.41) is 16.8. The van der Waals surface area contributed by atoms with E-state index in [1.807, 2.05) is 0 Å². The summed E-state index contributed by atoms with van der Waals surface area (Å²) in [5.74, 6) is 0.509. The highest BCUT2D eigenvalue weighted by Crippen LogP contribution is 2.18. The van der Waals surface area contributed by atoms with Crippen LogP contribution in [0.2, 0.25) is 0 Å². The number of rotatable bonds is 5. The number of aryl methyl sites for hydroxylation is 1. The Bertz CT molecular complexity index is 696. The molecule has 2 N–H and O–H groups in total. The number of aliphatic hydroxyl groups excluding tert-OH is 1. The molecule has 0 saturated carbocycles. The predicted molar refractivity (Wildman–Crippen MR) is 72.1 cm³/mol. The second-order valence-electron chi connectivity index (χ2n) is 4.41. The molecule has 0 aliphatic carbocycles. The van der Waals surface area contributed by atoms with Crippen molar-refractivity contribution in [2.45, 2.75) is 24.5 Å². The number of sulfonamides is 1. The third kappa shape index (κ3) is 2.87. The van der Waals surface area contributed by atoms with E-state index in [9.17, 15) is 13.5 Å². The first-order chi connectivity index (χ1) is 9.45. The summed E-state index contributed by atoms with van der Waals surface area (Å²) in [5.41, 5.74) is 0.352. The SMILES string of the molecule is CC(NS(=O)(=O)c1ccccc1CO)c1nncn1C. The van der Waals surface area contributed by atoms with E-state index in [1.54, 1.807) is 36.7 Å². The van der Waals surface area contributed by atoms with Gasteiger partial charge in [-0.05, 0) is 18.6 Å². The molecule has 0 aliphatic rings. The van der Waals surface area contributed by atoms with Crippen molar-refractivity contribution in [1.82, 2.24) is 19.5 Å². The largest absolute Gasteiger partial charge is 0.392 e. The van der Waals surface area contributed by atoms with Crippen molar-refractivity contribution in [2.24, 2.45) is 7.05 Å². The van der Waals surface area contributed by atoms with Gasteiger partial charge < -0.3 is 9.67 Å². The van der Waals surface area contributed by atoms with Crippen molar-refractivity contribution in [3.63, 3.8) is 0 Å². The maximum absolute atomic E-state index is 12.3. The lowest BCUT2D eigenvalue weighted by Crippen LogP contribution is -2.29. The first kappa shape index (κ1) is 14.6. The fourth-order valence-electron chi connectivity index (χ4n) is 1.93. The molecule has 2 aromatic rings. The van der Waals surface area contributed by atoms with E-state index in [0.717, 1.165) is 0 Å². The highest BCUT2D eigenvalue weighted by atomic mass is 32.2. The van der Waals surface area contributed by atoms with E-state index in [4.69, 9.17) is 0 Å². The Kier molecular flexibility index (Phi) is 4.17. The zero-order chi connectivity index (χ0) is 14.8. The summed E-state index contributed by atoms with van der Waals surface area (Å²) in [4.78, 5) is 0.0662.